The van der Waals surface area contributed by atoms with Crippen LogP contribution < -0.4 is 5.32 Å². The van der Waals surface area contributed by atoms with Gasteiger partial charge in [-0.15, -0.1) is 0 Å². The molecule has 3 rings (SSSR count). The van der Waals surface area contributed by atoms with Crippen molar-refractivity contribution >= 4 is 17.5 Å². The Balaban J connectivity index is 1.77. The fourth-order valence-electron chi connectivity index (χ4n) is 2.40. The van der Waals surface area contributed by atoms with E-state index in [4.69, 9.17) is 11.6 Å². The average Bonchev–Trinajstić information content (AvgIpc) is 3.04. The fraction of sp³-hybridized carbons (Fsp3) is 0.111. The van der Waals surface area contributed by atoms with Gasteiger partial charge in [0.15, 0.2) is 0 Å². The summed E-state index contributed by atoms with van der Waals surface area (Å²) in [7, 11) is 0. The predicted molar refractivity (Wildman–Crippen MR) is 91.4 cm³/mol. The van der Waals surface area contributed by atoms with E-state index in [0.29, 0.717) is 17.1 Å². The summed E-state index contributed by atoms with van der Waals surface area (Å²) in [5.74, 6) is -0.160. The van der Waals surface area contributed by atoms with Gasteiger partial charge < -0.3 is 5.32 Å². The van der Waals surface area contributed by atoms with Crippen LogP contribution in [0.3, 0.4) is 0 Å². The number of hydrogen-bond acceptors (Lipinski definition) is 2. The first-order valence-corrected chi connectivity index (χ1v) is 7.65. The summed E-state index contributed by atoms with van der Waals surface area (Å²) in [5, 5.41) is 10.5. The van der Waals surface area contributed by atoms with E-state index < -0.39 is 0 Å². The summed E-state index contributed by atoms with van der Waals surface area (Å²) in [6.07, 6.45) is 1.55. The van der Waals surface area contributed by atoms with Crippen LogP contribution in [0.5, 0.6) is 0 Å². The molecule has 0 aliphatic heterocycles. The standard InChI is InChI=1S/C18H16ClN3O/c1-12-4-2-3-5-15(12)17-16(11-21-22-17)18(23)20-10-13-6-8-14(19)9-7-13/h2-9,11H,10H2,1H3,(H,20,23)(H,21,22). The summed E-state index contributed by atoms with van der Waals surface area (Å²) >= 11 is 5.86. The molecular formula is C18H16ClN3O. The Hall–Kier alpha value is -2.59. The Labute approximate surface area is 139 Å². The Kier molecular flexibility index (Phi) is 4.44. The van der Waals surface area contributed by atoms with Gasteiger partial charge >= 0.3 is 0 Å². The van der Waals surface area contributed by atoms with Crippen molar-refractivity contribution in [2.75, 3.05) is 0 Å². The first-order chi connectivity index (χ1) is 11.1. The van der Waals surface area contributed by atoms with Crippen molar-refractivity contribution in [1.82, 2.24) is 15.5 Å². The molecule has 1 heterocycles. The second-order valence-corrected chi connectivity index (χ2v) is 5.72. The number of nitrogens with zero attached hydrogens (tertiary/aromatic N) is 1. The van der Waals surface area contributed by atoms with Crippen molar-refractivity contribution in [2.45, 2.75) is 13.5 Å². The van der Waals surface area contributed by atoms with Crippen LogP contribution in [0, 0.1) is 6.92 Å². The van der Waals surface area contributed by atoms with Crippen molar-refractivity contribution in [3.63, 3.8) is 0 Å². The summed E-state index contributed by atoms with van der Waals surface area (Å²) < 4.78 is 0. The van der Waals surface area contributed by atoms with Gasteiger partial charge in [0.2, 0.25) is 0 Å². The largest absolute Gasteiger partial charge is 0.348 e. The second kappa shape index (κ2) is 6.67. The molecule has 0 aliphatic carbocycles. The third kappa shape index (κ3) is 3.43. The lowest BCUT2D eigenvalue weighted by Gasteiger charge is -2.08. The number of rotatable bonds is 4. The highest BCUT2D eigenvalue weighted by molar-refractivity contribution is 6.30. The lowest BCUT2D eigenvalue weighted by atomic mass is 10.0. The highest BCUT2D eigenvalue weighted by atomic mass is 35.5. The molecule has 0 saturated carbocycles. The van der Waals surface area contributed by atoms with Crippen molar-refractivity contribution in [3.8, 4) is 11.3 Å². The van der Waals surface area contributed by atoms with Gasteiger partial charge in [-0.05, 0) is 30.2 Å². The molecule has 5 heteroatoms. The summed E-state index contributed by atoms with van der Waals surface area (Å²) in [5.41, 5.74) is 4.32. The molecule has 0 unspecified atom stereocenters. The van der Waals surface area contributed by atoms with Crippen LogP contribution in [0.2, 0.25) is 5.02 Å². The van der Waals surface area contributed by atoms with Gasteiger partial charge in [0.1, 0.15) is 0 Å². The topological polar surface area (TPSA) is 57.8 Å². The first-order valence-electron chi connectivity index (χ1n) is 7.27. The lowest BCUT2D eigenvalue weighted by molar-refractivity contribution is 0.0951. The van der Waals surface area contributed by atoms with E-state index >= 15 is 0 Å². The van der Waals surface area contributed by atoms with Crippen LogP contribution in [0.25, 0.3) is 11.3 Å². The van der Waals surface area contributed by atoms with Gasteiger partial charge in [-0.3, -0.25) is 9.89 Å². The number of carbonyl (C=O) groups excluding carboxylic acids is 1. The summed E-state index contributed by atoms with van der Waals surface area (Å²) in [6, 6.07) is 15.3. The molecule has 116 valence electrons. The van der Waals surface area contributed by atoms with Crippen LogP contribution in [0.1, 0.15) is 21.5 Å². The van der Waals surface area contributed by atoms with Crippen molar-refractivity contribution < 1.29 is 4.79 Å². The number of aryl methyl sites for hydroxylation is 1. The van der Waals surface area contributed by atoms with E-state index in [1.807, 2.05) is 43.3 Å². The molecule has 3 aromatic rings. The normalized spacial score (nSPS) is 10.5. The van der Waals surface area contributed by atoms with Gasteiger partial charge in [0, 0.05) is 17.1 Å². The molecule has 0 saturated heterocycles. The van der Waals surface area contributed by atoms with Gasteiger partial charge in [-0.25, -0.2) is 0 Å². The molecule has 2 N–H and O–H groups in total. The van der Waals surface area contributed by atoms with Crippen LogP contribution in [-0.4, -0.2) is 16.1 Å². The Morgan fingerprint density at radius 3 is 2.65 bits per heavy atom. The van der Waals surface area contributed by atoms with Crippen LogP contribution in [0.4, 0.5) is 0 Å². The minimum atomic E-state index is -0.160. The monoisotopic (exact) mass is 325 g/mol. The molecule has 0 fully saturated rings. The van der Waals surface area contributed by atoms with E-state index in [-0.39, 0.29) is 5.91 Å². The Morgan fingerprint density at radius 1 is 1.17 bits per heavy atom. The summed E-state index contributed by atoms with van der Waals surface area (Å²) in [4.78, 5) is 12.5. The number of nitrogens with one attached hydrogen (secondary N) is 2. The van der Waals surface area contributed by atoms with Crippen molar-refractivity contribution in [3.05, 3.63) is 76.4 Å². The molecular weight excluding hydrogens is 310 g/mol. The number of halogens is 1. The van der Waals surface area contributed by atoms with Gasteiger partial charge in [0.25, 0.3) is 5.91 Å². The predicted octanol–water partition coefficient (Wildman–Crippen LogP) is 3.97. The maximum absolute atomic E-state index is 12.5. The molecule has 1 aromatic heterocycles. The molecule has 0 spiro atoms. The number of H-pyrrole nitrogens is 1. The quantitative estimate of drug-likeness (QED) is 0.762. The zero-order chi connectivity index (χ0) is 16.2. The smallest absolute Gasteiger partial charge is 0.255 e. The van der Waals surface area contributed by atoms with E-state index in [1.165, 1.54) is 0 Å². The third-order valence-corrected chi connectivity index (χ3v) is 3.92. The zero-order valence-corrected chi connectivity index (χ0v) is 13.4. The Bertz CT molecular complexity index is 824. The molecule has 1 amide bonds. The number of amides is 1. The summed E-state index contributed by atoms with van der Waals surface area (Å²) in [6.45, 7) is 2.44. The van der Waals surface area contributed by atoms with Gasteiger partial charge in [-0.1, -0.05) is 48.0 Å². The number of hydrogen-bond donors (Lipinski definition) is 2. The minimum absolute atomic E-state index is 0.160. The molecule has 0 aliphatic rings. The van der Waals surface area contributed by atoms with Gasteiger partial charge in [-0.2, -0.15) is 5.10 Å². The molecule has 2 aromatic carbocycles. The van der Waals surface area contributed by atoms with Crippen molar-refractivity contribution in [2.24, 2.45) is 0 Å². The maximum Gasteiger partial charge on any atom is 0.255 e. The van der Waals surface area contributed by atoms with Crippen LogP contribution in [-0.2, 0) is 6.54 Å². The highest BCUT2D eigenvalue weighted by Crippen LogP contribution is 2.24. The van der Waals surface area contributed by atoms with Gasteiger partial charge in [0.05, 0.1) is 17.5 Å². The maximum atomic E-state index is 12.5. The molecule has 23 heavy (non-hydrogen) atoms. The SMILES string of the molecule is Cc1ccccc1-c1[nH]ncc1C(=O)NCc1ccc(Cl)cc1. The number of aromatic amines is 1. The first kappa shape index (κ1) is 15.3. The van der Waals surface area contributed by atoms with E-state index in [9.17, 15) is 4.79 Å². The Morgan fingerprint density at radius 2 is 1.91 bits per heavy atom. The number of benzene rings is 2. The third-order valence-electron chi connectivity index (χ3n) is 3.66. The number of carbonyl (C=O) groups is 1. The second-order valence-electron chi connectivity index (χ2n) is 5.28. The van der Waals surface area contributed by atoms with Crippen LogP contribution >= 0.6 is 11.6 Å². The molecule has 0 bridgehead atoms. The average molecular weight is 326 g/mol. The lowest BCUT2D eigenvalue weighted by Crippen LogP contribution is -2.23. The highest BCUT2D eigenvalue weighted by Gasteiger charge is 2.16. The van der Waals surface area contributed by atoms with Crippen LogP contribution in [0.15, 0.2) is 54.7 Å². The van der Waals surface area contributed by atoms with E-state index in [0.717, 1.165) is 22.4 Å². The fourth-order valence-corrected chi connectivity index (χ4v) is 2.52. The minimum Gasteiger partial charge on any atom is -0.348 e. The van der Waals surface area contributed by atoms with E-state index in [2.05, 4.69) is 15.5 Å². The molecule has 0 atom stereocenters. The van der Waals surface area contributed by atoms with Crippen molar-refractivity contribution in [1.29, 1.82) is 0 Å². The van der Waals surface area contributed by atoms with E-state index in [1.54, 1.807) is 18.3 Å². The number of aromatic nitrogens is 2. The zero-order valence-electron chi connectivity index (χ0n) is 12.6. The molecule has 0 radical (unpaired) electrons. The molecule has 4 nitrogen and oxygen atoms in total.